The molecule has 0 unspecified atom stereocenters. The van der Waals surface area contributed by atoms with E-state index in [1.54, 1.807) is 0 Å². The molecule has 9 aromatic rings. The maximum Gasteiger partial charge on any atom is 0.238 e. The predicted molar refractivity (Wildman–Crippen MR) is 260 cm³/mol. The molecule has 3 aromatic heterocycles. The number of hydrogen-bond donors (Lipinski definition) is 0. The fourth-order valence-electron chi connectivity index (χ4n) is 8.81. The van der Waals surface area contributed by atoms with Crippen molar-refractivity contribution in [1.82, 2.24) is 19.5 Å². The molecule has 0 aliphatic rings. The summed E-state index contributed by atoms with van der Waals surface area (Å²) in [5.74, 6) is 1.87. The Balaban J connectivity index is 1.38. The highest BCUT2D eigenvalue weighted by atomic mass is 16.3. The molecule has 246 valence electrons. The number of hydrogen-bond acceptors (Lipinski definition) is 4. The molecule has 0 aliphatic carbocycles. The van der Waals surface area contributed by atoms with Gasteiger partial charge in [0, 0.05) is 38.2 Å². The monoisotopic (exact) mass is 684 g/mol. The maximum atomic E-state index is 6.86. The van der Waals surface area contributed by atoms with Gasteiger partial charge in [-0.25, -0.2) is 4.98 Å². The molecule has 0 saturated carbocycles. The van der Waals surface area contributed by atoms with E-state index in [1.165, 1.54) is 60.2 Å². The average Bonchev–Trinajstić information content (AvgIpc) is 3.74. The second-order valence-corrected chi connectivity index (χ2v) is 15.1. The smallest absolute Gasteiger partial charge is 0.238 e. The number of nitrogens with zero attached hydrogens (tertiary/aromatic N) is 4. The molecular formula is C39H34B10N4O. The molecule has 5 nitrogen and oxygen atoms in total. The Morgan fingerprint density at radius 2 is 0.870 bits per heavy atom. The van der Waals surface area contributed by atoms with Gasteiger partial charge in [0.15, 0.2) is 11.6 Å². The van der Waals surface area contributed by atoms with Crippen LogP contribution in [0, 0.1) is 0 Å². The lowest BCUT2D eigenvalue weighted by Crippen LogP contribution is -2.55. The van der Waals surface area contributed by atoms with Crippen molar-refractivity contribution in [3.05, 3.63) is 84.9 Å². The number of aromatic nitrogens is 4. The Kier molecular flexibility index (Phi) is 8.00. The van der Waals surface area contributed by atoms with Crippen LogP contribution in [0.1, 0.15) is 0 Å². The summed E-state index contributed by atoms with van der Waals surface area (Å²) in [6.45, 7) is 0. The van der Waals surface area contributed by atoms with E-state index in [1.807, 2.05) is 0 Å². The van der Waals surface area contributed by atoms with Gasteiger partial charge in [-0.1, -0.05) is 88.6 Å². The van der Waals surface area contributed by atoms with Gasteiger partial charge in [0.2, 0.25) is 5.95 Å². The van der Waals surface area contributed by atoms with Gasteiger partial charge in [-0.2, -0.15) is 9.97 Å². The second kappa shape index (κ2) is 12.6. The van der Waals surface area contributed by atoms with Crippen LogP contribution >= 0.6 is 0 Å². The number of para-hydroxylation sites is 3. The highest BCUT2D eigenvalue weighted by Gasteiger charge is 2.24. The van der Waals surface area contributed by atoms with Gasteiger partial charge in [-0.3, -0.25) is 4.57 Å². The summed E-state index contributed by atoms with van der Waals surface area (Å²) in [6.07, 6.45) is 0. The first-order chi connectivity index (χ1) is 26.0. The van der Waals surface area contributed by atoms with Crippen LogP contribution in [-0.4, -0.2) is 98.0 Å². The molecule has 54 heavy (non-hydrogen) atoms. The van der Waals surface area contributed by atoms with Crippen LogP contribution in [0.25, 0.3) is 83.6 Å². The fourth-order valence-corrected chi connectivity index (χ4v) is 8.81. The quantitative estimate of drug-likeness (QED) is 0.173. The normalized spacial score (nSPS) is 11.7. The third kappa shape index (κ3) is 4.90. The standard InChI is InChI=1S/C39H34B10N4O/c40-26-24(27(41)31(45)34(48)30(26)44)18-10-5-9-17-23-19(11-6-14-22(23)54-36(17)18)37-50-38(25-28(42)32(46)35(49)33(47)29(25)43)52-39(51-37)53-20-12-3-1-7-15(20)16-8-2-4-13-21(16)53/h1-14H,40-49H2. The molecule has 6 aromatic carbocycles. The summed E-state index contributed by atoms with van der Waals surface area (Å²) in [7, 11) is 22.1. The fraction of sp³-hybridized carbons (Fsp3) is 0. The number of furan rings is 1. The minimum atomic E-state index is 0.587. The van der Waals surface area contributed by atoms with E-state index in [2.05, 4.69) is 168 Å². The van der Waals surface area contributed by atoms with Crippen LogP contribution in [-0.2, 0) is 0 Å². The maximum absolute atomic E-state index is 6.86. The SMILES string of the molecule is Bc1c(B)c(B)c(-c2nc(-c3cccc4oc5c(-c6c(B)c(B)c(B)c(B)c6B)cccc5c34)nc(-n3c4ccccc4c4ccccc43)n2)c(B)c1B. The number of rotatable bonds is 4. The molecule has 0 spiro atoms. The Bertz CT molecular complexity index is 2970. The second-order valence-electron chi connectivity index (χ2n) is 15.1. The summed E-state index contributed by atoms with van der Waals surface area (Å²) in [6, 6.07) is 29.8. The molecule has 9 rings (SSSR count). The van der Waals surface area contributed by atoms with Gasteiger partial charge < -0.3 is 4.42 Å². The molecule has 0 fully saturated rings. The summed E-state index contributed by atoms with van der Waals surface area (Å²) in [5, 5.41) is 4.37. The van der Waals surface area contributed by atoms with Gasteiger partial charge in [-0.15, -0.1) is 32.8 Å². The van der Waals surface area contributed by atoms with Crippen LogP contribution in [0.2, 0.25) is 0 Å². The molecule has 0 aliphatic heterocycles. The lowest BCUT2D eigenvalue weighted by molar-refractivity contribution is 0.670. The molecule has 0 N–H and O–H groups in total. The lowest BCUT2D eigenvalue weighted by Gasteiger charge is -2.20. The number of fused-ring (bicyclic) bond motifs is 6. The molecule has 0 amide bonds. The molecule has 0 radical (unpaired) electrons. The first-order valence-electron chi connectivity index (χ1n) is 18.8. The van der Waals surface area contributed by atoms with Crippen molar-refractivity contribution in [2.45, 2.75) is 0 Å². The van der Waals surface area contributed by atoms with Crippen molar-refractivity contribution in [3.8, 4) is 39.9 Å². The zero-order valence-corrected chi connectivity index (χ0v) is 32.8. The van der Waals surface area contributed by atoms with Crippen LogP contribution in [0.3, 0.4) is 0 Å². The van der Waals surface area contributed by atoms with E-state index in [-0.39, 0.29) is 0 Å². The Labute approximate surface area is 324 Å². The third-order valence-electron chi connectivity index (χ3n) is 12.7. The van der Waals surface area contributed by atoms with E-state index in [0.29, 0.717) is 17.6 Å². The van der Waals surface area contributed by atoms with Crippen LogP contribution in [0.5, 0.6) is 0 Å². The van der Waals surface area contributed by atoms with Crippen molar-refractivity contribution < 1.29 is 4.42 Å². The summed E-state index contributed by atoms with van der Waals surface area (Å²) >= 11 is 0. The summed E-state index contributed by atoms with van der Waals surface area (Å²) in [5.41, 5.74) is 20.9. The molecule has 0 atom stereocenters. The first-order valence-corrected chi connectivity index (χ1v) is 18.8. The highest BCUT2D eigenvalue weighted by molar-refractivity contribution is 6.70. The number of benzene rings is 6. The van der Waals surface area contributed by atoms with E-state index < -0.39 is 0 Å². The lowest BCUT2D eigenvalue weighted by atomic mass is 9.59. The Morgan fingerprint density at radius 3 is 1.46 bits per heavy atom. The van der Waals surface area contributed by atoms with Crippen molar-refractivity contribution in [3.63, 3.8) is 0 Å². The van der Waals surface area contributed by atoms with Crippen molar-refractivity contribution in [2.75, 3.05) is 0 Å². The van der Waals surface area contributed by atoms with Crippen molar-refractivity contribution in [2.24, 2.45) is 0 Å². The largest absolute Gasteiger partial charge is 0.455 e. The predicted octanol–water partition coefficient (Wildman–Crippen LogP) is -7.55. The van der Waals surface area contributed by atoms with E-state index in [4.69, 9.17) is 19.4 Å². The van der Waals surface area contributed by atoms with Gasteiger partial charge in [0.05, 0.1) is 11.0 Å². The van der Waals surface area contributed by atoms with Gasteiger partial charge >= 0.3 is 0 Å². The summed E-state index contributed by atoms with van der Waals surface area (Å²) in [4.78, 5) is 16.1. The van der Waals surface area contributed by atoms with Gasteiger partial charge in [0.25, 0.3) is 0 Å². The molecular weight excluding hydrogens is 649 g/mol. The van der Waals surface area contributed by atoms with E-state index in [0.717, 1.165) is 60.4 Å². The Morgan fingerprint density at radius 1 is 0.407 bits per heavy atom. The van der Waals surface area contributed by atoms with E-state index in [9.17, 15) is 0 Å². The van der Waals surface area contributed by atoms with Crippen LogP contribution < -0.4 is 54.6 Å². The minimum absolute atomic E-state index is 0.587. The van der Waals surface area contributed by atoms with Gasteiger partial charge in [0.1, 0.15) is 89.6 Å². The van der Waals surface area contributed by atoms with Crippen molar-refractivity contribution in [1.29, 1.82) is 0 Å². The molecule has 3 heterocycles. The Hall–Kier alpha value is -5.42. The van der Waals surface area contributed by atoms with Crippen LogP contribution in [0.4, 0.5) is 0 Å². The van der Waals surface area contributed by atoms with Gasteiger partial charge in [-0.05, 0) is 23.8 Å². The molecule has 0 saturated heterocycles. The average molecular weight is 683 g/mol. The van der Waals surface area contributed by atoms with E-state index >= 15 is 0 Å². The molecule has 15 heteroatoms. The summed E-state index contributed by atoms with van der Waals surface area (Å²) < 4.78 is 9.05. The van der Waals surface area contributed by atoms with Crippen LogP contribution in [0.15, 0.2) is 89.3 Å². The zero-order chi connectivity index (χ0) is 37.7. The third-order valence-corrected chi connectivity index (χ3v) is 12.7. The molecule has 0 bridgehead atoms. The minimum Gasteiger partial charge on any atom is -0.455 e. The van der Waals surface area contributed by atoms with Crippen molar-refractivity contribution >= 4 is 177 Å². The zero-order valence-electron chi connectivity index (χ0n) is 32.8. The topological polar surface area (TPSA) is 56.7 Å². The first kappa shape index (κ1) is 34.4. The highest BCUT2D eigenvalue weighted by Crippen LogP contribution is 2.40.